The van der Waals surface area contributed by atoms with Gasteiger partial charge in [-0.1, -0.05) is 51.4 Å². The monoisotopic (exact) mass is 1760 g/mol. The van der Waals surface area contributed by atoms with E-state index >= 15 is 0 Å². The van der Waals surface area contributed by atoms with E-state index in [9.17, 15) is 98.7 Å². The third-order valence-corrected chi connectivity index (χ3v) is 23.4. The molecule has 3 aliphatic carbocycles. The van der Waals surface area contributed by atoms with Gasteiger partial charge < -0.3 is 147 Å². The Morgan fingerprint density at radius 3 is 1.29 bits per heavy atom. The molecule has 6 aliphatic rings. The van der Waals surface area contributed by atoms with E-state index in [2.05, 4.69) is 63.3 Å². The minimum absolute atomic E-state index is 0.0784. The number of rotatable bonds is 69. The van der Waals surface area contributed by atoms with Gasteiger partial charge in [-0.3, -0.25) is 57.6 Å². The van der Waals surface area contributed by atoms with Crippen LogP contribution in [0.25, 0.3) is 0 Å². The molecule has 0 radical (unpaired) electrons. The molecule has 42 nitrogen and oxygen atoms in total. The van der Waals surface area contributed by atoms with Crippen molar-refractivity contribution in [3.05, 3.63) is 0 Å². The first-order valence-electron chi connectivity index (χ1n) is 43.8. The average Bonchev–Trinajstić information content (AvgIpc) is 0.623. The maximum atomic E-state index is 14.0. The smallest absolute Gasteiger partial charge is 0.248 e. The first-order valence-corrected chi connectivity index (χ1v) is 43.8. The Bertz CT molecular complexity index is 3270. The molecule has 0 spiro atoms. The molecule has 14 unspecified atom stereocenters. The van der Waals surface area contributed by atoms with Crippen molar-refractivity contribution in [2.75, 3.05) is 132 Å². The van der Waals surface area contributed by atoms with E-state index in [1.165, 1.54) is 27.7 Å². The quantitative estimate of drug-likeness (QED) is 0.0201. The van der Waals surface area contributed by atoms with Gasteiger partial charge in [-0.05, 0) is 84.0 Å². The fourth-order valence-corrected chi connectivity index (χ4v) is 17.1. The number of amides is 11. The van der Waals surface area contributed by atoms with Gasteiger partial charge in [0.05, 0.1) is 101 Å². The van der Waals surface area contributed by atoms with Crippen LogP contribution in [0.5, 0.6) is 0 Å². The van der Waals surface area contributed by atoms with Crippen molar-refractivity contribution in [2.45, 2.75) is 298 Å². The second kappa shape index (κ2) is 54.5. The number of carbonyl (C=O) groups excluding carboxylic acids is 11. The molecule has 3 saturated heterocycles. The minimum Gasteiger partial charge on any atom is -0.396 e. The Morgan fingerprint density at radius 1 is 0.447 bits per heavy atom. The molecule has 6 fully saturated rings. The van der Waals surface area contributed by atoms with Crippen molar-refractivity contribution in [2.24, 2.45) is 22.6 Å². The maximum Gasteiger partial charge on any atom is 0.248 e. The molecule has 19 atom stereocenters. The molecule has 42 heteroatoms. The summed E-state index contributed by atoms with van der Waals surface area (Å²) in [5.74, 6) is 0.702. The molecule has 3 heterocycles. The summed E-state index contributed by atoms with van der Waals surface area (Å²) in [5.41, 5.74) is -5.74. The van der Waals surface area contributed by atoms with E-state index in [0.29, 0.717) is 70.8 Å². The molecular formula is C81H142N12O30. The van der Waals surface area contributed by atoms with Crippen molar-refractivity contribution < 1.29 is 146 Å². The number of fused-ring (bicyclic) bond motifs is 5. The summed E-state index contributed by atoms with van der Waals surface area (Å²) in [6.45, 7) is 5.00. The van der Waals surface area contributed by atoms with Gasteiger partial charge in [-0.25, -0.2) is 5.90 Å². The molecule has 0 aromatic carbocycles. The van der Waals surface area contributed by atoms with E-state index in [0.717, 1.165) is 57.8 Å². The van der Waals surface area contributed by atoms with Crippen LogP contribution in [0.15, 0.2) is 0 Å². The first kappa shape index (κ1) is 105. The molecular weight excluding hydrogens is 1620 g/mol. The van der Waals surface area contributed by atoms with Gasteiger partial charge in [0.25, 0.3) is 0 Å². The number of carbonyl (C=O) groups is 11. The lowest BCUT2D eigenvalue weighted by Crippen LogP contribution is -3.01. The summed E-state index contributed by atoms with van der Waals surface area (Å²) in [7, 11) is 0. The third-order valence-electron chi connectivity index (χ3n) is 23.4. The van der Waals surface area contributed by atoms with E-state index in [1.54, 1.807) is 0 Å². The molecule has 0 aromatic rings. The summed E-state index contributed by atoms with van der Waals surface area (Å²) in [6.07, 6.45) is 0.178. The van der Waals surface area contributed by atoms with Crippen LogP contribution in [0.2, 0.25) is 0 Å². The number of ether oxygens (including phenoxy) is 9. The first-order chi connectivity index (χ1) is 59.0. The van der Waals surface area contributed by atoms with Crippen molar-refractivity contribution >= 4 is 65.0 Å². The standard InChI is InChI=1S/C81H142N12O30/c1-52(97)70(112)78(47-95)46-80(91-54(3)99)73(78)122-75(80)118-39-19-15-25-58(102)84-33-22-36-87-61(105)29-42-115-50-77(93-63(107)27-13-11-9-7-5-6-8-10-12-17-31-89-64(108)45-120-82,49-114-41-28-60(104)86-35-21-32-83-57(101)24-14-18-38-117-72-65(90-53(2)98)67(110)66(109)56(44-94)121-72)51-116-43-30-62(106)88-37-23-34-85-59(103)26-16-20-40-119-76-81(92-55(4)100)69-68(111)71(113)79(69,48-96)74(81)123-76/h52,56,65-76,94-97,109-113H,5-51,82H2,1-4H3,(H,83,101)(H,84,102)(H,85,103)(H,86,104)(H,87,105)(H,88,106)(H,89,108)(H,90,98)(H,91,99)(H,92,100)(H,93,107)/t52?,56?,65?,66-,67?,68?,69?,70?,71+,72+,73?,74?,75+,76+,77?,78?,79?,80?,81?/m0/s1. The Morgan fingerprint density at radius 2 is 0.862 bits per heavy atom. The van der Waals surface area contributed by atoms with Crippen LogP contribution in [-0.2, 0) is 100 Å². The van der Waals surface area contributed by atoms with Crippen molar-refractivity contribution in [1.29, 1.82) is 0 Å². The Kier molecular flexibility index (Phi) is 46.6. The second-order valence-corrected chi connectivity index (χ2v) is 33.2. The summed E-state index contributed by atoms with van der Waals surface area (Å²) >= 11 is 0. The van der Waals surface area contributed by atoms with Gasteiger partial charge in [-0.2, -0.15) is 0 Å². The predicted molar refractivity (Wildman–Crippen MR) is 435 cm³/mol. The molecule has 11 amide bonds. The molecule has 3 aliphatic heterocycles. The van der Waals surface area contributed by atoms with Crippen LogP contribution in [0, 0.1) is 16.7 Å². The zero-order chi connectivity index (χ0) is 90.0. The fourth-order valence-electron chi connectivity index (χ4n) is 17.1. The summed E-state index contributed by atoms with van der Waals surface area (Å²) < 4.78 is 53.3. The fraction of sp³-hybridized carbons (Fsp3) is 0.864. The van der Waals surface area contributed by atoms with Gasteiger partial charge >= 0.3 is 0 Å². The van der Waals surface area contributed by atoms with Crippen molar-refractivity contribution in [1.82, 2.24) is 58.5 Å². The lowest BCUT2D eigenvalue weighted by molar-refractivity contribution is -0.496. The van der Waals surface area contributed by atoms with E-state index in [-0.39, 0.29) is 216 Å². The van der Waals surface area contributed by atoms with Crippen LogP contribution >= 0.6 is 0 Å². The molecule has 0 bridgehead atoms. The summed E-state index contributed by atoms with van der Waals surface area (Å²) in [6, 6.07) is -1.10. The molecule has 3 saturated carbocycles. The van der Waals surface area contributed by atoms with E-state index < -0.39 is 139 Å². The number of nitrogens with one attached hydrogen (secondary N) is 11. The van der Waals surface area contributed by atoms with Crippen LogP contribution in [0.1, 0.15) is 201 Å². The van der Waals surface area contributed by atoms with Gasteiger partial charge in [-0.15, -0.1) is 0 Å². The van der Waals surface area contributed by atoms with Gasteiger partial charge in [0.2, 0.25) is 65.0 Å². The largest absolute Gasteiger partial charge is 0.396 e. The molecule has 123 heavy (non-hydrogen) atoms. The highest BCUT2D eigenvalue weighted by atomic mass is 16.7. The van der Waals surface area contributed by atoms with Crippen molar-refractivity contribution in [3.63, 3.8) is 0 Å². The molecule has 6 rings (SSSR count). The normalized spacial score (nSPS) is 27.2. The summed E-state index contributed by atoms with van der Waals surface area (Å²) in [5, 5.41) is 123. The molecule has 22 N–H and O–H groups in total. The number of aliphatic hydroxyl groups excluding tert-OH is 9. The number of aliphatic hydroxyl groups is 9. The van der Waals surface area contributed by atoms with Crippen LogP contribution in [0.4, 0.5) is 0 Å². The second-order valence-electron chi connectivity index (χ2n) is 33.2. The highest BCUT2D eigenvalue weighted by Gasteiger charge is 2.91. The number of nitrogens with two attached hydrogens (primary N) is 1. The molecule has 706 valence electrons. The highest BCUT2D eigenvalue weighted by molar-refractivity contribution is 5.80. The Hall–Kier alpha value is -6.63. The van der Waals surface area contributed by atoms with Gasteiger partial charge in [0, 0.05) is 137 Å². The minimum atomic E-state index is -1.46. The SMILES string of the molecule is CC(=O)NC1C(O)[C@@H](O)C(CO)O[C@H]1OCCCCC(=O)NCCCNC(=O)CCOCC(COCCC(=O)NCCCNC(=O)CCCCO[C@@H]1OC2C(CO)(C(O)C(C)O)CC21NC(C)=O)(COCCC(=O)NCCCNC(=O)CCCCO[C@@H]1OC2C3(CO)C(C(O)[C@H]3O)C21NC(C)=O)NC(=O)CCCCCCCCCCCCNC(=O)CON. The van der Waals surface area contributed by atoms with Crippen LogP contribution in [-0.4, -0.2) is 339 Å². The maximum absolute atomic E-state index is 14.0. The number of unbranched alkanes of at least 4 members (excludes halogenated alkanes) is 12. The van der Waals surface area contributed by atoms with Gasteiger partial charge in [0.15, 0.2) is 18.9 Å². The lowest BCUT2D eigenvalue weighted by Gasteiger charge is -2.82. The number of hydrogen-bond donors (Lipinski definition) is 21. The average molecular weight is 1760 g/mol. The topological polar surface area (TPSA) is 620 Å². The Balaban J connectivity index is 0.946. The summed E-state index contributed by atoms with van der Waals surface area (Å²) in [4.78, 5) is 144. The van der Waals surface area contributed by atoms with E-state index in [1.807, 2.05) is 0 Å². The zero-order valence-corrected chi connectivity index (χ0v) is 72.0. The van der Waals surface area contributed by atoms with Gasteiger partial charge in [0.1, 0.15) is 53.7 Å². The van der Waals surface area contributed by atoms with Crippen LogP contribution < -0.4 is 64.4 Å². The third kappa shape index (κ3) is 31.4. The van der Waals surface area contributed by atoms with Crippen LogP contribution in [0.3, 0.4) is 0 Å². The Labute approximate surface area is 718 Å². The highest BCUT2D eigenvalue weighted by Crippen LogP contribution is 2.73. The number of hydrogen-bond acceptors (Lipinski definition) is 31. The molecule has 0 aromatic heterocycles. The lowest BCUT2D eigenvalue weighted by atomic mass is 9.32. The predicted octanol–water partition coefficient (Wildman–Crippen LogP) is -4.60. The van der Waals surface area contributed by atoms with Crippen molar-refractivity contribution in [3.8, 4) is 0 Å². The van der Waals surface area contributed by atoms with E-state index in [4.69, 9.17) is 48.5 Å². The zero-order valence-electron chi connectivity index (χ0n) is 72.0.